The highest BCUT2D eigenvalue weighted by molar-refractivity contribution is 7.85. The van der Waals surface area contributed by atoms with Gasteiger partial charge in [0.25, 0.3) is 15.8 Å². The minimum absolute atomic E-state index is 0.0666. The van der Waals surface area contributed by atoms with Crippen LogP contribution in [0.4, 0.5) is 11.4 Å². The first-order valence-corrected chi connectivity index (χ1v) is 10.1. The molecule has 1 saturated heterocycles. The molecule has 0 aromatic heterocycles. The number of nitro benzene ring substituents is 1. The van der Waals surface area contributed by atoms with Crippen molar-refractivity contribution in [3.8, 4) is 6.07 Å². The van der Waals surface area contributed by atoms with Crippen LogP contribution >= 0.6 is 0 Å². The molecule has 0 unspecified atom stereocenters. The van der Waals surface area contributed by atoms with E-state index in [1.54, 1.807) is 18.2 Å². The third-order valence-corrected chi connectivity index (χ3v) is 5.21. The number of benzene rings is 2. The van der Waals surface area contributed by atoms with Gasteiger partial charge in [0.1, 0.15) is 11.6 Å². The van der Waals surface area contributed by atoms with Crippen LogP contribution in [-0.2, 0) is 10.1 Å². The Hall–Kier alpha value is -2.96. The first kappa shape index (κ1) is 21.3. The van der Waals surface area contributed by atoms with Crippen LogP contribution in [0.2, 0.25) is 0 Å². The van der Waals surface area contributed by atoms with Crippen molar-refractivity contribution < 1.29 is 17.9 Å². The summed E-state index contributed by atoms with van der Waals surface area (Å²) in [6, 6.07) is 12.7. The quantitative estimate of drug-likeness (QED) is 0.470. The molecule has 2 aromatic rings. The number of rotatable bonds is 3. The minimum atomic E-state index is -4.02. The average molecular weight is 403 g/mol. The van der Waals surface area contributed by atoms with Crippen LogP contribution in [0.3, 0.4) is 0 Å². The molecule has 1 fully saturated rings. The molecule has 0 bridgehead atoms. The topological polar surface area (TPSA) is 125 Å². The Balaban J connectivity index is 0.000000221. The van der Waals surface area contributed by atoms with Gasteiger partial charge in [-0.15, -0.1) is 0 Å². The molecule has 9 heteroatoms. The SMILES string of the molecule is Cc1ccc(S(=O)(=O)O)cc1.N#Cc1ccc(N2CCCCC2)cc1[N+](=O)[O-]. The highest BCUT2D eigenvalue weighted by Crippen LogP contribution is 2.27. The van der Waals surface area contributed by atoms with Crippen LogP contribution in [0.1, 0.15) is 30.4 Å². The summed E-state index contributed by atoms with van der Waals surface area (Å²) in [5, 5.41) is 19.7. The number of nitriles is 1. The standard InChI is InChI=1S/C12H13N3O2.C7H8O3S/c13-9-10-4-5-11(8-12(10)15(16)17)14-6-2-1-3-7-14;1-6-2-4-7(5-3-6)11(8,9)10/h4-5,8H,1-3,6-7H2;2-5H,1H3,(H,8,9,10). The number of anilines is 1. The van der Waals surface area contributed by atoms with E-state index in [2.05, 4.69) is 4.90 Å². The summed E-state index contributed by atoms with van der Waals surface area (Å²) in [7, 11) is -4.02. The largest absolute Gasteiger partial charge is 0.371 e. The summed E-state index contributed by atoms with van der Waals surface area (Å²) >= 11 is 0. The Bertz CT molecular complexity index is 976. The molecule has 0 atom stereocenters. The van der Waals surface area contributed by atoms with E-state index in [-0.39, 0.29) is 16.1 Å². The molecule has 1 aliphatic heterocycles. The maximum atomic E-state index is 10.9. The van der Waals surface area contributed by atoms with Crippen molar-refractivity contribution in [1.82, 2.24) is 0 Å². The molecule has 0 amide bonds. The fourth-order valence-electron chi connectivity index (χ4n) is 2.82. The molecular weight excluding hydrogens is 382 g/mol. The van der Waals surface area contributed by atoms with Gasteiger partial charge in [-0.3, -0.25) is 14.7 Å². The number of hydrogen-bond donors (Lipinski definition) is 1. The first-order chi connectivity index (χ1) is 13.2. The van der Waals surface area contributed by atoms with Crippen LogP contribution in [0, 0.1) is 28.4 Å². The van der Waals surface area contributed by atoms with Gasteiger partial charge in [-0.2, -0.15) is 13.7 Å². The van der Waals surface area contributed by atoms with E-state index in [0.29, 0.717) is 0 Å². The van der Waals surface area contributed by atoms with Crippen molar-refractivity contribution in [1.29, 1.82) is 5.26 Å². The summed E-state index contributed by atoms with van der Waals surface area (Å²) < 4.78 is 29.6. The van der Waals surface area contributed by atoms with E-state index in [4.69, 9.17) is 9.81 Å². The molecule has 1 aliphatic rings. The monoisotopic (exact) mass is 403 g/mol. The van der Waals surface area contributed by atoms with Gasteiger partial charge in [0.05, 0.1) is 9.82 Å². The van der Waals surface area contributed by atoms with Gasteiger partial charge in [0.15, 0.2) is 0 Å². The lowest BCUT2D eigenvalue weighted by Crippen LogP contribution is -2.29. The molecule has 8 nitrogen and oxygen atoms in total. The molecule has 1 N–H and O–H groups in total. The van der Waals surface area contributed by atoms with Crippen LogP contribution < -0.4 is 4.90 Å². The second-order valence-corrected chi connectivity index (χ2v) is 7.83. The van der Waals surface area contributed by atoms with Gasteiger partial charge >= 0.3 is 0 Å². The van der Waals surface area contributed by atoms with Gasteiger partial charge in [-0.1, -0.05) is 17.7 Å². The summed E-state index contributed by atoms with van der Waals surface area (Å²) in [6.45, 7) is 3.71. The normalized spacial score (nSPS) is 13.8. The molecular formula is C19H21N3O5S. The molecule has 0 aliphatic carbocycles. The fraction of sp³-hybridized carbons (Fsp3) is 0.316. The lowest BCUT2D eigenvalue weighted by Gasteiger charge is -2.28. The van der Waals surface area contributed by atoms with Crippen molar-refractivity contribution >= 4 is 21.5 Å². The van der Waals surface area contributed by atoms with E-state index < -0.39 is 15.0 Å². The molecule has 2 aromatic carbocycles. The smallest absolute Gasteiger partial charge is 0.294 e. The van der Waals surface area contributed by atoms with E-state index in [0.717, 1.165) is 37.2 Å². The van der Waals surface area contributed by atoms with Crippen LogP contribution in [-0.4, -0.2) is 31.0 Å². The zero-order chi connectivity index (χ0) is 20.7. The zero-order valence-electron chi connectivity index (χ0n) is 15.4. The summed E-state index contributed by atoms with van der Waals surface area (Å²) in [5.41, 5.74) is 1.82. The first-order valence-electron chi connectivity index (χ1n) is 8.70. The zero-order valence-corrected chi connectivity index (χ0v) is 16.2. The van der Waals surface area contributed by atoms with E-state index in [9.17, 15) is 18.5 Å². The van der Waals surface area contributed by atoms with E-state index in [1.165, 1.54) is 30.7 Å². The van der Waals surface area contributed by atoms with Gasteiger partial charge in [-0.05, 0) is 50.5 Å². The van der Waals surface area contributed by atoms with E-state index >= 15 is 0 Å². The Kier molecular flexibility index (Phi) is 7.09. The van der Waals surface area contributed by atoms with Crippen molar-refractivity contribution in [3.63, 3.8) is 0 Å². The summed E-state index contributed by atoms with van der Waals surface area (Å²) in [5.74, 6) is 0. The van der Waals surface area contributed by atoms with Gasteiger partial charge in [0.2, 0.25) is 0 Å². The Morgan fingerprint density at radius 3 is 2.21 bits per heavy atom. The second-order valence-electron chi connectivity index (χ2n) is 6.41. The Labute approximate surface area is 163 Å². The highest BCUT2D eigenvalue weighted by Gasteiger charge is 2.18. The summed E-state index contributed by atoms with van der Waals surface area (Å²) in [6.07, 6.45) is 3.45. The van der Waals surface area contributed by atoms with Gasteiger partial charge < -0.3 is 4.90 Å². The minimum Gasteiger partial charge on any atom is -0.371 e. The lowest BCUT2D eigenvalue weighted by atomic mass is 10.1. The molecule has 0 spiro atoms. The average Bonchev–Trinajstić information content (AvgIpc) is 2.68. The number of hydrogen-bond acceptors (Lipinski definition) is 6. The maximum Gasteiger partial charge on any atom is 0.294 e. The fourth-order valence-corrected chi connectivity index (χ4v) is 3.30. The number of aryl methyl sites for hydroxylation is 1. The third kappa shape index (κ3) is 5.77. The van der Waals surface area contributed by atoms with Crippen molar-refractivity contribution in [2.45, 2.75) is 31.1 Å². The number of nitro groups is 1. The van der Waals surface area contributed by atoms with Crippen molar-refractivity contribution in [3.05, 3.63) is 63.7 Å². The van der Waals surface area contributed by atoms with Gasteiger partial charge in [-0.25, -0.2) is 0 Å². The predicted molar refractivity (Wildman–Crippen MR) is 105 cm³/mol. The molecule has 148 valence electrons. The Morgan fingerprint density at radius 2 is 1.71 bits per heavy atom. The number of nitrogens with zero attached hydrogens (tertiary/aromatic N) is 3. The van der Waals surface area contributed by atoms with Crippen molar-refractivity contribution in [2.24, 2.45) is 0 Å². The summed E-state index contributed by atoms with van der Waals surface area (Å²) in [4.78, 5) is 12.4. The molecule has 0 radical (unpaired) electrons. The second kappa shape index (κ2) is 9.30. The van der Waals surface area contributed by atoms with Crippen LogP contribution in [0.25, 0.3) is 0 Å². The van der Waals surface area contributed by atoms with Gasteiger partial charge in [0, 0.05) is 24.8 Å². The van der Waals surface area contributed by atoms with Crippen LogP contribution in [0.15, 0.2) is 47.4 Å². The number of piperidine rings is 1. The lowest BCUT2D eigenvalue weighted by molar-refractivity contribution is -0.385. The maximum absolute atomic E-state index is 10.9. The highest BCUT2D eigenvalue weighted by atomic mass is 32.2. The molecule has 0 saturated carbocycles. The van der Waals surface area contributed by atoms with Crippen LogP contribution in [0.5, 0.6) is 0 Å². The predicted octanol–water partition coefficient (Wildman–Crippen LogP) is 3.70. The Morgan fingerprint density at radius 1 is 1.11 bits per heavy atom. The molecule has 1 heterocycles. The third-order valence-electron chi connectivity index (χ3n) is 4.34. The molecule has 28 heavy (non-hydrogen) atoms. The molecule has 3 rings (SSSR count). The van der Waals surface area contributed by atoms with E-state index in [1.807, 2.05) is 13.0 Å². The van der Waals surface area contributed by atoms with Crippen molar-refractivity contribution in [2.75, 3.05) is 18.0 Å².